The monoisotopic (exact) mass is 399 g/mol. The van der Waals surface area contributed by atoms with Crippen LogP contribution < -0.4 is 0 Å². The van der Waals surface area contributed by atoms with Gasteiger partial charge in [0.05, 0.1) is 19.5 Å². The van der Waals surface area contributed by atoms with Crippen molar-refractivity contribution >= 4 is 11.6 Å². The number of carbonyl (C=O) groups is 2. The molecule has 0 unspecified atom stereocenters. The van der Waals surface area contributed by atoms with E-state index in [2.05, 4.69) is 15.2 Å². The van der Waals surface area contributed by atoms with Gasteiger partial charge in [-0.15, -0.1) is 0 Å². The highest BCUT2D eigenvalue weighted by Crippen LogP contribution is 2.16. The Bertz CT molecular complexity index is 1110. The fraction of sp³-hybridized carbons (Fsp3) is 0.174. The van der Waals surface area contributed by atoms with E-state index in [1.54, 1.807) is 34.0 Å². The quantitative estimate of drug-likeness (QED) is 0.335. The number of pyridine rings is 1. The standard InChI is InChI=1S/C23H21N5O2/c1-17-4-7-24-21(10-17)23(30)14-22(29)20-12-18(15-27-8-2-5-25-27)11-19(13-20)16-28-9-3-6-26-28/h2-13H,14-16H2,1H3. The Morgan fingerprint density at radius 3 is 2.00 bits per heavy atom. The molecule has 0 fully saturated rings. The Labute approximate surface area is 174 Å². The Balaban J connectivity index is 1.59. The van der Waals surface area contributed by atoms with Gasteiger partial charge >= 0.3 is 0 Å². The molecule has 0 saturated heterocycles. The molecule has 0 bridgehead atoms. The normalized spacial score (nSPS) is 10.8. The van der Waals surface area contributed by atoms with E-state index in [9.17, 15) is 9.59 Å². The number of benzene rings is 1. The molecule has 0 aliphatic carbocycles. The molecule has 150 valence electrons. The van der Waals surface area contributed by atoms with Gasteiger partial charge in [0, 0.05) is 36.5 Å². The van der Waals surface area contributed by atoms with Crippen LogP contribution in [-0.2, 0) is 13.1 Å². The minimum Gasteiger partial charge on any atom is -0.294 e. The molecule has 0 atom stereocenters. The highest BCUT2D eigenvalue weighted by atomic mass is 16.1. The first-order valence-electron chi connectivity index (χ1n) is 9.63. The van der Waals surface area contributed by atoms with Crippen molar-refractivity contribution in [2.24, 2.45) is 0 Å². The lowest BCUT2D eigenvalue weighted by atomic mass is 9.99. The van der Waals surface area contributed by atoms with Gasteiger partial charge in [-0.3, -0.25) is 23.9 Å². The predicted octanol–water partition coefficient (Wildman–Crippen LogP) is 3.34. The van der Waals surface area contributed by atoms with Crippen molar-refractivity contribution in [3.05, 3.63) is 101 Å². The molecule has 4 rings (SSSR count). The van der Waals surface area contributed by atoms with Crippen LogP contribution in [-0.4, -0.2) is 36.1 Å². The number of Topliss-reactive ketones (excluding diaryl/α,β-unsaturated/α-hetero) is 2. The highest BCUT2D eigenvalue weighted by Gasteiger charge is 2.16. The molecule has 4 aromatic rings. The van der Waals surface area contributed by atoms with Crippen LogP contribution in [0.25, 0.3) is 0 Å². The van der Waals surface area contributed by atoms with Crippen LogP contribution >= 0.6 is 0 Å². The van der Waals surface area contributed by atoms with Crippen LogP contribution in [0.1, 0.15) is 44.0 Å². The van der Waals surface area contributed by atoms with Crippen LogP contribution in [0.5, 0.6) is 0 Å². The lowest BCUT2D eigenvalue weighted by Gasteiger charge is -2.10. The number of nitrogens with zero attached hydrogens (tertiary/aromatic N) is 5. The zero-order chi connectivity index (χ0) is 20.9. The number of ketones is 2. The van der Waals surface area contributed by atoms with Crippen molar-refractivity contribution in [2.45, 2.75) is 26.4 Å². The maximum absolute atomic E-state index is 12.9. The number of rotatable bonds is 8. The molecule has 3 aromatic heterocycles. The Kier molecular flexibility index (Phi) is 5.61. The molecule has 0 amide bonds. The zero-order valence-electron chi connectivity index (χ0n) is 16.6. The molecule has 0 saturated carbocycles. The second-order valence-corrected chi connectivity index (χ2v) is 7.19. The summed E-state index contributed by atoms with van der Waals surface area (Å²) in [6.07, 6.45) is 8.53. The Morgan fingerprint density at radius 1 is 0.833 bits per heavy atom. The topological polar surface area (TPSA) is 82.7 Å². The van der Waals surface area contributed by atoms with Gasteiger partial charge < -0.3 is 0 Å². The van der Waals surface area contributed by atoms with Gasteiger partial charge in [0.2, 0.25) is 0 Å². The number of carbonyl (C=O) groups excluding carboxylic acids is 2. The molecular weight excluding hydrogens is 378 g/mol. The summed E-state index contributed by atoms with van der Waals surface area (Å²) in [5, 5.41) is 8.48. The average Bonchev–Trinajstić information content (AvgIpc) is 3.42. The smallest absolute Gasteiger partial charge is 0.188 e. The highest BCUT2D eigenvalue weighted by molar-refractivity contribution is 6.13. The van der Waals surface area contributed by atoms with E-state index in [0.717, 1.165) is 16.7 Å². The fourth-order valence-corrected chi connectivity index (χ4v) is 3.30. The van der Waals surface area contributed by atoms with Gasteiger partial charge in [-0.05, 0) is 60.0 Å². The molecule has 0 aliphatic rings. The Hall–Kier alpha value is -3.87. The molecule has 7 nitrogen and oxygen atoms in total. The lowest BCUT2D eigenvalue weighted by Crippen LogP contribution is -2.12. The van der Waals surface area contributed by atoms with E-state index in [-0.39, 0.29) is 18.0 Å². The summed E-state index contributed by atoms with van der Waals surface area (Å²) in [5.41, 5.74) is 3.62. The summed E-state index contributed by atoms with van der Waals surface area (Å²) in [6, 6.07) is 12.9. The third-order valence-electron chi connectivity index (χ3n) is 4.70. The second kappa shape index (κ2) is 8.65. The molecule has 3 heterocycles. The van der Waals surface area contributed by atoms with E-state index in [0.29, 0.717) is 24.3 Å². The van der Waals surface area contributed by atoms with Gasteiger partial charge in [0.25, 0.3) is 0 Å². The summed E-state index contributed by atoms with van der Waals surface area (Å²) in [5.74, 6) is -0.512. The average molecular weight is 399 g/mol. The summed E-state index contributed by atoms with van der Waals surface area (Å²) in [6.45, 7) is 2.96. The van der Waals surface area contributed by atoms with Gasteiger partial charge in [-0.1, -0.05) is 6.07 Å². The molecule has 1 aromatic carbocycles. The summed E-state index contributed by atoms with van der Waals surface area (Å²) >= 11 is 0. The summed E-state index contributed by atoms with van der Waals surface area (Å²) in [4.78, 5) is 29.6. The van der Waals surface area contributed by atoms with Crippen LogP contribution in [0.3, 0.4) is 0 Å². The van der Waals surface area contributed by atoms with E-state index < -0.39 is 0 Å². The third kappa shape index (κ3) is 4.75. The van der Waals surface area contributed by atoms with Gasteiger partial charge in [-0.25, -0.2) is 0 Å². The van der Waals surface area contributed by atoms with Crippen molar-refractivity contribution in [2.75, 3.05) is 0 Å². The first-order valence-corrected chi connectivity index (χ1v) is 9.63. The van der Waals surface area contributed by atoms with Crippen LogP contribution in [0.15, 0.2) is 73.4 Å². The molecule has 0 radical (unpaired) electrons. The lowest BCUT2D eigenvalue weighted by molar-refractivity contribution is 0.0891. The van der Waals surface area contributed by atoms with Crippen molar-refractivity contribution < 1.29 is 9.59 Å². The molecule has 0 spiro atoms. The minimum atomic E-state index is -0.283. The van der Waals surface area contributed by atoms with Gasteiger partial charge in [0.1, 0.15) is 5.69 Å². The number of hydrogen-bond donors (Lipinski definition) is 0. The molecular formula is C23H21N5O2. The van der Waals surface area contributed by atoms with E-state index in [1.165, 1.54) is 0 Å². The number of aryl methyl sites for hydroxylation is 1. The number of hydrogen-bond acceptors (Lipinski definition) is 5. The fourth-order valence-electron chi connectivity index (χ4n) is 3.30. The van der Waals surface area contributed by atoms with Crippen LogP contribution in [0.2, 0.25) is 0 Å². The van der Waals surface area contributed by atoms with Crippen molar-refractivity contribution in [1.29, 1.82) is 0 Å². The van der Waals surface area contributed by atoms with Crippen molar-refractivity contribution in [1.82, 2.24) is 24.5 Å². The SMILES string of the molecule is Cc1ccnc(C(=O)CC(=O)c2cc(Cn3cccn3)cc(Cn3cccn3)c2)c1. The van der Waals surface area contributed by atoms with Crippen molar-refractivity contribution in [3.63, 3.8) is 0 Å². The van der Waals surface area contributed by atoms with Crippen LogP contribution in [0, 0.1) is 6.92 Å². The third-order valence-corrected chi connectivity index (χ3v) is 4.70. The second-order valence-electron chi connectivity index (χ2n) is 7.19. The first-order chi connectivity index (χ1) is 14.6. The van der Waals surface area contributed by atoms with Crippen LogP contribution in [0.4, 0.5) is 0 Å². The van der Waals surface area contributed by atoms with Crippen molar-refractivity contribution in [3.8, 4) is 0 Å². The number of aromatic nitrogens is 5. The molecule has 0 N–H and O–H groups in total. The summed E-state index contributed by atoms with van der Waals surface area (Å²) in [7, 11) is 0. The first kappa shape index (κ1) is 19.4. The minimum absolute atomic E-state index is 0.219. The zero-order valence-corrected chi connectivity index (χ0v) is 16.6. The summed E-state index contributed by atoms with van der Waals surface area (Å²) < 4.78 is 3.59. The maximum atomic E-state index is 12.9. The maximum Gasteiger partial charge on any atom is 0.188 e. The van der Waals surface area contributed by atoms with E-state index in [1.807, 2.05) is 55.7 Å². The molecule has 30 heavy (non-hydrogen) atoms. The predicted molar refractivity (Wildman–Crippen MR) is 111 cm³/mol. The Morgan fingerprint density at radius 2 is 1.47 bits per heavy atom. The molecule has 7 heteroatoms. The largest absolute Gasteiger partial charge is 0.294 e. The van der Waals surface area contributed by atoms with E-state index in [4.69, 9.17) is 0 Å². The van der Waals surface area contributed by atoms with Gasteiger partial charge in [-0.2, -0.15) is 10.2 Å². The van der Waals surface area contributed by atoms with Gasteiger partial charge in [0.15, 0.2) is 11.6 Å². The van der Waals surface area contributed by atoms with E-state index >= 15 is 0 Å². The molecule has 0 aliphatic heterocycles.